The number of primary sulfonamides is 1. The second-order valence-electron chi connectivity index (χ2n) is 9.72. The van der Waals surface area contributed by atoms with Crippen molar-refractivity contribution in [2.45, 2.75) is 9.79 Å². The van der Waals surface area contributed by atoms with Crippen molar-refractivity contribution in [2.24, 2.45) is 5.14 Å². The number of ether oxygens (including phenoxy) is 3. The number of carbonyl (C=O) groups excluding carboxylic acids is 3. The minimum absolute atomic E-state index is 0.0413. The van der Waals surface area contributed by atoms with Gasteiger partial charge >= 0.3 is 0 Å². The minimum Gasteiger partial charge on any atom is -0.493 e. The van der Waals surface area contributed by atoms with E-state index in [2.05, 4.69) is 16.0 Å². The van der Waals surface area contributed by atoms with Crippen molar-refractivity contribution in [3.63, 3.8) is 0 Å². The Hall–Kier alpha value is -5.31. The minimum atomic E-state index is -3.83. The van der Waals surface area contributed by atoms with Gasteiger partial charge in [-0.05, 0) is 84.4 Å². The summed E-state index contributed by atoms with van der Waals surface area (Å²) in [7, 11) is 0.600. The SMILES string of the molecule is COc1cc(/C=C(\NC(=O)c2ccccc2)C(=O)Nc2ccc(SCC(=O)Nc3ccc(S(N)(=O)=O)cc3)cc2)cc(OC)c1OC. The molecule has 0 unspecified atom stereocenters. The zero-order chi connectivity index (χ0) is 34.0. The number of amides is 3. The summed E-state index contributed by atoms with van der Waals surface area (Å²) >= 11 is 1.26. The number of hydrogen-bond acceptors (Lipinski definition) is 9. The molecular weight excluding hydrogens is 645 g/mol. The standard InChI is InChI=1S/C33H32N4O8S2/c1-43-28-18-21(19-29(44-2)31(28)45-3)17-27(37-32(39)22-7-5-4-6-8-22)33(40)36-24-9-13-25(14-10-24)46-20-30(38)35-23-11-15-26(16-12-23)47(34,41)42/h4-19H,20H2,1-3H3,(H,35,38)(H,36,40)(H,37,39)(H2,34,41,42)/b27-17-. The lowest BCUT2D eigenvalue weighted by Crippen LogP contribution is -2.30. The van der Waals surface area contributed by atoms with Crippen LogP contribution in [0.25, 0.3) is 6.08 Å². The molecule has 4 aromatic rings. The Labute approximate surface area is 276 Å². The van der Waals surface area contributed by atoms with Crippen LogP contribution in [0.15, 0.2) is 106 Å². The first-order valence-corrected chi connectivity index (χ1v) is 16.4. The molecule has 0 atom stereocenters. The Morgan fingerprint density at radius 2 is 1.36 bits per heavy atom. The smallest absolute Gasteiger partial charge is 0.272 e. The molecule has 0 aromatic heterocycles. The van der Waals surface area contributed by atoms with Crippen molar-refractivity contribution in [3.8, 4) is 17.2 Å². The molecule has 0 aliphatic heterocycles. The third-order valence-electron chi connectivity index (χ3n) is 6.48. The van der Waals surface area contributed by atoms with Crippen LogP contribution in [0.3, 0.4) is 0 Å². The number of anilines is 2. The van der Waals surface area contributed by atoms with Crippen LogP contribution in [0, 0.1) is 0 Å². The van der Waals surface area contributed by atoms with Crippen molar-refractivity contribution in [3.05, 3.63) is 108 Å². The van der Waals surface area contributed by atoms with E-state index < -0.39 is 21.8 Å². The van der Waals surface area contributed by atoms with E-state index >= 15 is 0 Å². The van der Waals surface area contributed by atoms with E-state index in [0.717, 1.165) is 4.90 Å². The molecule has 14 heteroatoms. The molecule has 0 radical (unpaired) electrons. The van der Waals surface area contributed by atoms with E-state index in [1.807, 2.05) is 0 Å². The van der Waals surface area contributed by atoms with E-state index in [1.54, 1.807) is 66.7 Å². The van der Waals surface area contributed by atoms with E-state index in [1.165, 1.54) is 63.4 Å². The maximum Gasteiger partial charge on any atom is 0.272 e. The number of benzene rings is 4. The van der Waals surface area contributed by atoms with E-state index in [-0.39, 0.29) is 22.3 Å². The molecular formula is C33H32N4O8S2. The largest absolute Gasteiger partial charge is 0.493 e. The summed E-state index contributed by atoms with van der Waals surface area (Å²) in [6.07, 6.45) is 1.49. The van der Waals surface area contributed by atoms with Gasteiger partial charge in [0, 0.05) is 21.8 Å². The molecule has 0 bridgehead atoms. The first-order chi connectivity index (χ1) is 22.5. The van der Waals surface area contributed by atoms with Gasteiger partial charge in [-0.2, -0.15) is 0 Å². The average molecular weight is 677 g/mol. The highest BCUT2D eigenvalue weighted by Crippen LogP contribution is 2.38. The normalized spacial score (nSPS) is 11.3. The van der Waals surface area contributed by atoms with Crippen molar-refractivity contribution >= 4 is 57.0 Å². The Balaban J connectivity index is 1.46. The lowest BCUT2D eigenvalue weighted by Gasteiger charge is -2.15. The lowest BCUT2D eigenvalue weighted by molar-refractivity contribution is -0.114. The van der Waals surface area contributed by atoms with Gasteiger partial charge in [0.2, 0.25) is 21.7 Å². The summed E-state index contributed by atoms with van der Waals surface area (Å²) in [5.74, 6) is -0.174. The topological polar surface area (TPSA) is 175 Å². The zero-order valence-corrected chi connectivity index (χ0v) is 27.2. The Morgan fingerprint density at radius 3 is 1.91 bits per heavy atom. The van der Waals surface area contributed by atoms with Crippen molar-refractivity contribution in [2.75, 3.05) is 37.7 Å². The fraction of sp³-hybridized carbons (Fsp3) is 0.121. The van der Waals surface area contributed by atoms with Gasteiger partial charge in [-0.3, -0.25) is 14.4 Å². The van der Waals surface area contributed by atoms with Gasteiger partial charge < -0.3 is 30.2 Å². The lowest BCUT2D eigenvalue weighted by atomic mass is 10.1. The quantitative estimate of drug-likeness (QED) is 0.117. The molecule has 12 nitrogen and oxygen atoms in total. The van der Waals surface area contributed by atoms with Crippen LogP contribution in [0.2, 0.25) is 0 Å². The fourth-order valence-corrected chi connectivity index (χ4v) is 5.41. The van der Waals surface area contributed by atoms with E-state index in [0.29, 0.717) is 39.8 Å². The summed E-state index contributed by atoms with van der Waals surface area (Å²) in [6, 6.07) is 24.1. The van der Waals surface area contributed by atoms with Crippen LogP contribution < -0.4 is 35.3 Å². The van der Waals surface area contributed by atoms with Crippen LogP contribution in [0.1, 0.15) is 15.9 Å². The van der Waals surface area contributed by atoms with E-state index in [9.17, 15) is 22.8 Å². The number of nitrogens with one attached hydrogen (secondary N) is 3. The Morgan fingerprint density at radius 1 is 0.787 bits per heavy atom. The highest BCUT2D eigenvalue weighted by Gasteiger charge is 2.18. The predicted octanol–water partition coefficient (Wildman–Crippen LogP) is 4.50. The summed E-state index contributed by atoms with van der Waals surface area (Å²) < 4.78 is 39.0. The van der Waals surface area contributed by atoms with Crippen LogP contribution >= 0.6 is 11.8 Å². The molecule has 4 aromatic carbocycles. The summed E-state index contributed by atoms with van der Waals surface area (Å²) in [5.41, 5.74) is 1.70. The molecule has 0 spiro atoms. The van der Waals surface area contributed by atoms with Crippen LogP contribution in [0.4, 0.5) is 11.4 Å². The maximum atomic E-state index is 13.5. The monoisotopic (exact) mass is 676 g/mol. The number of sulfonamides is 1. The highest BCUT2D eigenvalue weighted by molar-refractivity contribution is 8.00. The van der Waals surface area contributed by atoms with Gasteiger partial charge in [0.05, 0.1) is 32.0 Å². The molecule has 244 valence electrons. The summed E-state index contributed by atoms with van der Waals surface area (Å²) in [4.78, 5) is 39.6. The molecule has 0 heterocycles. The molecule has 4 rings (SSSR count). The molecule has 0 saturated heterocycles. The first kappa shape index (κ1) is 34.6. The molecule has 0 fully saturated rings. The molecule has 0 aliphatic rings. The zero-order valence-electron chi connectivity index (χ0n) is 25.6. The maximum absolute atomic E-state index is 13.5. The van der Waals surface area contributed by atoms with Crippen molar-refractivity contribution in [1.29, 1.82) is 0 Å². The second-order valence-corrected chi connectivity index (χ2v) is 12.3. The summed E-state index contributed by atoms with van der Waals surface area (Å²) in [6.45, 7) is 0. The summed E-state index contributed by atoms with van der Waals surface area (Å²) in [5, 5.41) is 13.3. The third kappa shape index (κ3) is 9.59. The molecule has 3 amide bonds. The Bertz CT molecular complexity index is 1860. The number of carbonyl (C=O) groups is 3. The number of rotatable bonds is 13. The van der Waals surface area contributed by atoms with Gasteiger partial charge in [-0.1, -0.05) is 18.2 Å². The highest BCUT2D eigenvalue weighted by atomic mass is 32.2. The number of hydrogen-bond donors (Lipinski definition) is 4. The average Bonchev–Trinajstić information content (AvgIpc) is 3.07. The van der Waals surface area contributed by atoms with Gasteiger partial charge in [0.25, 0.3) is 11.8 Å². The fourth-order valence-electron chi connectivity index (χ4n) is 4.20. The predicted molar refractivity (Wildman–Crippen MR) is 180 cm³/mol. The van der Waals surface area contributed by atoms with Gasteiger partial charge in [-0.25, -0.2) is 13.6 Å². The molecule has 5 N–H and O–H groups in total. The van der Waals surface area contributed by atoms with Gasteiger partial charge in [-0.15, -0.1) is 11.8 Å². The van der Waals surface area contributed by atoms with E-state index in [4.69, 9.17) is 19.3 Å². The molecule has 47 heavy (non-hydrogen) atoms. The van der Waals surface area contributed by atoms with Gasteiger partial charge in [0.1, 0.15) is 5.70 Å². The molecule has 0 saturated carbocycles. The number of thioether (sulfide) groups is 1. The third-order valence-corrected chi connectivity index (χ3v) is 8.42. The molecule has 0 aliphatic carbocycles. The van der Waals surface area contributed by atoms with Crippen LogP contribution in [-0.2, 0) is 19.6 Å². The van der Waals surface area contributed by atoms with Crippen LogP contribution in [-0.4, -0.2) is 53.2 Å². The first-order valence-electron chi connectivity index (χ1n) is 13.9. The van der Waals surface area contributed by atoms with Crippen molar-refractivity contribution in [1.82, 2.24) is 5.32 Å². The number of nitrogens with two attached hydrogens (primary N) is 1. The number of methoxy groups -OCH3 is 3. The second kappa shape index (κ2) is 15.8. The van der Waals surface area contributed by atoms with Crippen LogP contribution in [0.5, 0.6) is 17.2 Å². The Kier molecular flexibility index (Phi) is 11.6. The van der Waals surface area contributed by atoms with Crippen molar-refractivity contribution < 1.29 is 37.0 Å². The van der Waals surface area contributed by atoms with Gasteiger partial charge in [0.15, 0.2) is 11.5 Å².